The van der Waals surface area contributed by atoms with Crippen molar-refractivity contribution in [1.82, 2.24) is 9.88 Å². The zero-order valence-electron chi connectivity index (χ0n) is 12.4. The number of rotatable bonds is 5. The second-order valence-corrected chi connectivity index (χ2v) is 5.38. The summed E-state index contributed by atoms with van der Waals surface area (Å²) < 4.78 is 5.67. The molecule has 1 amide bonds. The molecule has 0 bridgehead atoms. The van der Waals surface area contributed by atoms with Crippen LogP contribution in [0.15, 0.2) is 18.3 Å². The van der Waals surface area contributed by atoms with Crippen LogP contribution in [0.1, 0.15) is 30.1 Å². The van der Waals surface area contributed by atoms with Gasteiger partial charge >= 0.3 is 0 Å². The number of hydrogen-bond donors (Lipinski definition) is 1. The van der Waals surface area contributed by atoms with Crippen LogP contribution in [0.4, 0.5) is 5.82 Å². The average Bonchev–Trinajstić information content (AvgIpc) is 2.92. The topological polar surface area (TPSA) is 54.5 Å². The summed E-state index contributed by atoms with van der Waals surface area (Å²) in [6.45, 7) is 3.88. The van der Waals surface area contributed by atoms with Gasteiger partial charge in [0.05, 0.1) is 11.7 Å². The summed E-state index contributed by atoms with van der Waals surface area (Å²) in [4.78, 5) is 17.6. The number of amides is 1. The summed E-state index contributed by atoms with van der Waals surface area (Å²) >= 11 is 0. The van der Waals surface area contributed by atoms with Crippen molar-refractivity contribution >= 4 is 11.7 Å². The van der Waals surface area contributed by atoms with Crippen LogP contribution in [-0.2, 0) is 4.74 Å². The smallest absolute Gasteiger partial charge is 0.254 e. The van der Waals surface area contributed by atoms with Gasteiger partial charge < -0.3 is 15.0 Å². The molecule has 5 heteroatoms. The lowest BCUT2D eigenvalue weighted by molar-refractivity contribution is 0.0827. The molecular weight excluding hydrogens is 254 g/mol. The molecule has 1 saturated heterocycles. The molecule has 0 spiro atoms. The fourth-order valence-corrected chi connectivity index (χ4v) is 2.50. The Morgan fingerprint density at radius 3 is 2.90 bits per heavy atom. The van der Waals surface area contributed by atoms with Crippen LogP contribution in [0.2, 0.25) is 0 Å². The number of pyridine rings is 1. The van der Waals surface area contributed by atoms with Crippen molar-refractivity contribution in [2.45, 2.75) is 25.9 Å². The first-order chi connectivity index (χ1) is 9.61. The van der Waals surface area contributed by atoms with E-state index in [2.05, 4.69) is 17.2 Å². The molecule has 1 aliphatic heterocycles. The number of aromatic nitrogens is 1. The molecule has 2 unspecified atom stereocenters. The molecule has 1 fully saturated rings. The van der Waals surface area contributed by atoms with Gasteiger partial charge in [0.1, 0.15) is 5.82 Å². The average molecular weight is 277 g/mol. The van der Waals surface area contributed by atoms with Gasteiger partial charge in [0.2, 0.25) is 0 Å². The number of carbonyl (C=O) groups excluding carboxylic acids is 1. The summed E-state index contributed by atoms with van der Waals surface area (Å²) in [5.41, 5.74) is 0.608. The van der Waals surface area contributed by atoms with Crippen molar-refractivity contribution in [1.29, 1.82) is 0 Å². The third-order valence-electron chi connectivity index (χ3n) is 3.71. The van der Waals surface area contributed by atoms with E-state index in [-0.39, 0.29) is 5.91 Å². The maximum Gasteiger partial charge on any atom is 0.254 e. The van der Waals surface area contributed by atoms with Gasteiger partial charge in [-0.05, 0) is 25.0 Å². The van der Waals surface area contributed by atoms with E-state index in [1.165, 1.54) is 0 Å². The zero-order valence-corrected chi connectivity index (χ0v) is 12.4. The molecule has 1 N–H and O–H groups in total. The van der Waals surface area contributed by atoms with Crippen LogP contribution in [0, 0.1) is 5.92 Å². The van der Waals surface area contributed by atoms with Crippen LogP contribution in [0.5, 0.6) is 0 Å². The number of carbonyl (C=O) groups is 1. The van der Waals surface area contributed by atoms with Crippen molar-refractivity contribution < 1.29 is 9.53 Å². The van der Waals surface area contributed by atoms with Gasteiger partial charge in [-0.3, -0.25) is 4.79 Å². The van der Waals surface area contributed by atoms with E-state index in [4.69, 9.17) is 4.74 Å². The molecule has 110 valence electrons. The molecule has 1 aromatic rings. The molecule has 1 aromatic heterocycles. The summed E-state index contributed by atoms with van der Waals surface area (Å²) in [7, 11) is 3.47. The molecule has 5 nitrogen and oxygen atoms in total. The first kappa shape index (κ1) is 14.8. The monoisotopic (exact) mass is 277 g/mol. The predicted octanol–water partition coefficient (Wildman–Crippen LogP) is 2.01. The highest BCUT2D eigenvalue weighted by atomic mass is 16.5. The minimum Gasteiger partial charge on any atom is -0.378 e. The second-order valence-electron chi connectivity index (χ2n) is 5.38. The Bertz CT molecular complexity index is 445. The molecule has 2 rings (SSSR count). The molecule has 2 atom stereocenters. The van der Waals surface area contributed by atoms with Crippen LogP contribution in [0.25, 0.3) is 0 Å². The Labute approximate surface area is 120 Å². The minimum absolute atomic E-state index is 0.0284. The van der Waals surface area contributed by atoms with Gasteiger partial charge in [0.15, 0.2) is 0 Å². The lowest BCUT2D eigenvalue weighted by Crippen LogP contribution is -2.23. The zero-order chi connectivity index (χ0) is 14.5. The SMILES string of the molecule is CCC1OCCC1CNc1ccc(C(=O)N(C)C)cn1. The Balaban J connectivity index is 1.89. The van der Waals surface area contributed by atoms with E-state index >= 15 is 0 Å². The highest BCUT2D eigenvalue weighted by molar-refractivity contribution is 5.93. The summed E-state index contributed by atoms with van der Waals surface area (Å²) in [5, 5.41) is 3.33. The summed E-state index contributed by atoms with van der Waals surface area (Å²) in [5.74, 6) is 1.33. The maximum absolute atomic E-state index is 11.8. The number of nitrogens with zero attached hydrogens (tertiary/aromatic N) is 2. The summed E-state index contributed by atoms with van der Waals surface area (Å²) in [6.07, 6.45) is 4.13. The molecule has 0 aromatic carbocycles. The minimum atomic E-state index is -0.0284. The molecule has 1 aliphatic rings. The second kappa shape index (κ2) is 6.70. The molecule has 2 heterocycles. The van der Waals surface area contributed by atoms with Crippen LogP contribution >= 0.6 is 0 Å². The standard InChI is InChI=1S/C15H23N3O2/c1-4-13-11(7-8-20-13)9-16-14-6-5-12(10-17-14)15(19)18(2)3/h5-6,10-11,13H,4,7-9H2,1-3H3,(H,16,17). The fraction of sp³-hybridized carbons (Fsp3) is 0.600. The van der Waals surface area contributed by atoms with Crippen molar-refractivity contribution in [2.75, 3.05) is 32.6 Å². The van der Waals surface area contributed by atoms with Crippen molar-refractivity contribution in [3.05, 3.63) is 23.9 Å². The highest BCUT2D eigenvalue weighted by Crippen LogP contribution is 2.23. The summed E-state index contributed by atoms with van der Waals surface area (Å²) in [6, 6.07) is 3.66. The fourth-order valence-electron chi connectivity index (χ4n) is 2.50. The first-order valence-electron chi connectivity index (χ1n) is 7.15. The van der Waals surface area contributed by atoms with E-state index in [0.717, 1.165) is 31.8 Å². The van der Waals surface area contributed by atoms with E-state index in [9.17, 15) is 4.79 Å². The Morgan fingerprint density at radius 1 is 1.50 bits per heavy atom. The number of anilines is 1. The van der Waals surface area contributed by atoms with Crippen LogP contribution in [0.3, 0.4) is 0 Å². The number of hydrogen-bond acceptors (Lipinski definition) is 4. The number of nitrogens with one attached hydrogen (secondary N) is 1. The van der Waals surface area contributed by atoms with Gasteiger partial charge in [0.25, 0.3) is 5.91 Å². The lowest BCUT2D eigenvalue weighted by Gasteiger charge is -2.17. The third-order valence-corrected chi connectivity index (χ3v) is 3.71. The van der Waals surface area contributed by atoms with E-state index in [1.807, 2.05) is 6.07 Å². The van der Waals surface area contributed by atoms with Crippen molar-refractivity contribution in [3.8, 4) is 0 Å². The van der Waals surface area contributed by atoms with E-state index < -0.39 is 0 Å². The van der Waals surface area contributed by atoms with Gasteiger partial charge in [-0.2, -0.15) is 0 Å². The maximum atomic E-state index is 11.8. The largest absolute Gasteiger partial charge is 0.378 e. The molecule has 20 heavy (non-hydrogen) atoms. The van der Waals surface area contributed by atoms with E-state index in [0.29, 0.717) is 17.6 Å². The Hall–Kier alpha value is -1.62. The number of ether oxygens (including phenoxy) is 1. The van der Waals surface area contributed by atoms with Gasteiger partial charge in [-0.1, -0.05) is 6.92 Å². The highest BCUT2D eigenvalue weighted by Gasteiger charge is 2.26. The third kappa shape index (κ3) is 3.48. The normalized spacial score (nSPS) is 21.8. The molecule has 0 saturated carbocycles. The van der Waals surface area contributed by atoms with Crippen molar-refractivity contribution in [3.63, 3.8) is 0 Å². The van der Waals surface area contributed by atoms with Crippen LogP contribution in [-0.4, -0.2) is 49.1 Å². The van der Waals surface area contributed by atoms with E-state index in [1.54, 1.807) is 31.3 Å². The Morgan fingerprint density at radius 2 is 2.30 bits per heavy atom. The molecule has 0 radical (unpaired) electrons. The van der Waals surface area contributed by atoms with Gasteiger partial charge in [-0.15, -0.1) is 0 Å². The van der Waals surface area contributed by atoms with Crippen LogP contribution < -0.4 is 5.32 Å². The van der Waals surface area contributed by atoms with Gasteiger partial charge in [0, 0.05) is 39.4 Å². The quantitative estimate of drug-likeness (QED) is 0.894. The Kier molecular flexibility index (Phi) is 4.95. The lowest BCUT2D eigenvalue weighted by atomic mass is 10.00. The van der Waals surface area contributed by atoms with Gasteiger partial charge in [-0.25, -0.2) is 4.98 Å². The first-order valence-corrected chi connectivity index (χ1v) is 7.15. The molecular formula is C15H23N3O2. The molecule has 0 aliphatic carbocycles. The predicted molar refractivity (Wildman–Crippen MR) is 78.9 cm³/mol. The van der Waals surface area contributed by atoms with Crippen molar-refractivity contribution in [2.24, 2.45) is 5.92 Å².